The lowest BCUT2D eigenvalue weighted by Gasteiger charge is -2.32. The van der Waals surface area contributed by atoms with E-state index in [4.69, 9.17) is 20.8 Å². The number of fused-ring (bicyclic) bond motifs is 1. The Morgan fingerprint density at radius 2 is 1.71 bits per heavy atom. The number of amides is 3. The number of methoxy groups -OCH3 is 1. The van der Waals surface area contributed by atoms with Gasteiger partial charge >= 0.3 is 18.4 Å². The number of ether oxygens (including phenoxy) is 2. The molecule has 1 aliphatic heterocycles. The van der Waals surface area contributed by atoms with Gasteiger partial charge in [-0.3, -0.25) is 4.79 Å². The van der Waals surface area contributed by atoms with E-state index >= 15 is 4.39 Å². The molecule has 0 radical (unpaired) electrons. The summed E-state index contributed by atoms with van der Waals surface area (Å²) in [6.45, 7) is 6.49. The number of alkyl halides is 3. The number of rotatable bonds is 7. The molecule has 4 rings (SSSR count). The zero-order chi connectivity index (χ0) is 36.7. The van der Waals surface area contributed by atoms with Gasteiger partial charge in [0.15, 0.2) is 9.84 Å². The maximum absolute atomic E-state index is 15.7. The van der Waals surface area contributed by atoms with E-state index in [2.05, 4.69) is 20.3 Å². The normalized spacial score (nSPS) is 17.1. The number of anilines is 1. The van der Waals surface area contributed by atoms with Crippen LogP contribution < -0.4 is 15.5 Å². The Hall–Kier alpha value is -4.45. The van der Waals surface area contributed by atoms with Crippen LogP contribution >= 0.6 is 11.6 Å². The molecule has 19 heteroatoms. The minimum atomic E-state index is -5.03. The van der Waals surface area contributed by atoms with Gasteiger partial charge in [-0.05, 0) is 64.4 Å². The van der Waals surface area contributed by atoms with Crippen LogP contribution in [0, 0.1) is 5.82 Å². The van der Waals surface area contributed by atoms with Crippen LogP contribution in [0.5, 0.6) is 0 Å². The molecule has 0 aliphatic carbocycles. The van der Waals surface area contributed by atoms with Gasteiger partial charge in [0.25, 0.3) is 11.8 Å². The molecule has 2 N–H and O–H groups in total. The third-order valence-corrected chi connectivity index (χ3v) is 9.29. The molecule has 1 aliphatic rings. The third-order valence-electron chi connectivity index (χ3n) is 7.27. The van der Waals surface area contributed by atoms with Crippen LogP contribution in [0.25, 0.3) is 11.5 Å². The van der Waals surface area contributed by atoms with Crippen LogP contribution in [0.15, 0.2) is 45.7 Å². The number of nitrogens with one attached hydrogen (secondary N) is 2. The molecular formula is C30H32ClF4N5O8S. The van der Waals surface area contributed by atoms with E-state index in [0.717, 1.165) is 31.9 Å². The van der Waals surface area contributed by atoms with Gasteiger partial charge in [-0.1, -0.05) is 23.7 Å². The number of halogens is 5. The van der Waals surface area contributed by atoms with Crippen molar-refractivity contribution >= 4 is 45.2 Å². The van der Waals surface area contributed by atoms with E-state index in [9.17, 15) is 36.0 Å². The van der Waals surface area contributed by atoms with Crippen LogP contribution in [0.4, 0.5) is 32.8 Å². The van der Waals surface area contributed by atoms with Crippen molar-refractivity contribution < 1.29 is 54.3 Å². The first-order valence-electron chi connectivity index (χ1n) is 14.4. The predicted molar refractivity (Wildman–Crippen MR) is 166 cm³/mol. The van der Waals surface area contributed by atoms with Crippen molar-refractivity contribution in [3.63, 3.8) is 0 Å². The van der Waals surface area contributed by atoms with Gasteiger partial charge in [0.1, 0.15) is 23.5 Å². The topological polar surface area (TPSA) is 170 Å². The van der Waals surface area contributed by atoms with Gasteiger partial charge in [0.2, 0.25) is 5.89 Å². The molecule has 0 saturated heterocycles. The molecule has 266 valence electrons. The van der Waals surface area contributed by atoms with Gasteiger partial charge in [-0.15, -0.1) is 10.2 Å². The Labute approximate surface area is 283 Å². The first-order valence-corrected chi connectivity index (χ1v) is 16.4. The smallest absolute Gasteiger partial charge is 0.409 e. The number of nitrogens with zero attached hydrogens (tertiary/aromatic N) is 3. The molecule has 1 unspecified atom stereocenters. The highest BCUT2D eigenvalue weighted by atomic mass is 35.5. The molecule has 0 fully saturated rings. The average molecular weight is 734 g/mol. The molecule has 3 amide bonds. The van der Waals surface area contributed by atoms with Crippen LogP contribution in [-0.4, -0.2) is 73.4 Å². The number of hydrogen-bond donors (Lipinski definition) is 2. The molecule has 2 aromatic carbocycles. The second kappa shape index (κ2) is 13.5. The van der Waals surface area contributed by atoms with Gasteiger partial charge < -0.3 is 29.4 Å². The van der Waals surface area contributed by atoms with E-state index in [1.54, 1.807) is 38.2 Å². The number of benzene rings is 2. The van der Waals surface area contributed by atoms with Gasteiger partial charge in [0.05, 0.1) is 41.0 Å². The number of sulfone groups is 1. The summed E-state index contributed by atoms with van der Waals surface area (Å²) in [6, 6.07) is 3.44. The van der Waals surface area contributed by atoms with Crippen LogP contribution in [0.2, 0.25) is 5.02 Å². The molecule has 13 nitrogen and oxygen atoms in total. The highest BCUT2D eigenvalue weighted by molar-refractivity contribution is 7.91. The molecule has 0 saturated carbocycles. The fraction of sp³-hybridized carbons (Fsp3) is 0.433. The van der Waals surface area contributed by atoms with Crippen molar-refractivity contribution in [3.05, 3.63) is 58.7 Å². The summed E-state index contributed by atoms with van der Waals surface area (Å²) < 4.78 is 100. The largest absolute Gasteiger partial charge is 0.453 e. The van der Waals surface area contributed by atoms with Crippen molar-refractivity contribution in [2.24, 2.45) is 0 Å². The minimum absolute atomic E-state index is 0.287. The fourth-order valence-corrected chi connectivity index (χ4v) is 6.65. The lowest BCUT2D eigenvalue weighted by atomic mass is 9.83. The van der Waals surface area contributed by atoms with Crippen LogP contribution in [0.1, 0.15) is 46.1 Å². The van der Waals surface area contributed by atoms with Crippen LogP contribution in [0.3, 0.4) is 0 Å². The van der Waals surface area contributed by atoms with Crippen molar-refractivity contribution in [3.8, 4) is 11.5 Å². The molecular weight excluding hydrogens is 702 g/mol. The lowest BCUT2D eigenvalue weighted by molar-refractivity contribution is -0.169. The van der Waals surface area contributed by atoms with Crippen molar-refractivity contribution in [1.29, 1.82) is 0 Å². The first kappa shape index (κ1) is 37.4. The van der Waals surface area contributed by atoms with Crippen molar-refractivity contribution in [2.75, 3.05) is 17.8 Å². The molecule has 2 atom stereocenters. The number of alkyl carbamates (subject to hydrolysis) is 2. The maximum atomic E-state index is 15.7. The molecule has 1 aromatic heterocycles. The Bertz CT molecular complexity index is 1860. The molecule has 2 heterocycles. The SMILES string of the molecule is COC(=O)NC(C(F)(F)F)C(C)(C)c1nnc(-c2cc3c(cc2F)S(=O)(=O)C[C@H](NC(=O)OC(C)(C)C)C(=O)N3Cc2ccc(Cl)cc2)o1. The van der Waals surface area contributed by atoms with E-state index in [1.165, 1.54) is 12.1 Å². The second-order valence-electron chi connectivity index (χ2n) is 12.6. The molecule has 0 bridgehead atoms. The Morgan fingerprint density at radius 3 is 2.29 bits per heavy atom. The maximum Gasteiger partial charge on any atom is 0.409 e. The van der Waals surface area contributed by atoms with E-state index in [0.29, 0.717) is 16.7 Å². The Morgan fingerprint density at radius 1 is 1.08 bits per heavy atom. The number of aromatic nitrogens is 2. The average Bonchev–Trinajstić information content (AvgIpc) is 3.46. The standard InChI is InChI=1S/C30H32ClF4N5O8S/c1-28(2,3)48-27(43)36-19-14-49(44,45)21-12-18(32)17(11-20(21)40(23(19)41)13-15-7-9-16(31)10-8-15)22-38-39-25(47-22)29(4,5)24(30(33,34)35)37-26(42)46-6/h7-12,19,24H,13-14H2,1-6H3,(H,36,43)(H,37,42)/t19-,24?/m0/s1. The summed E-state index contributed by atoms with van der Waals surface area (Å²) in [4.78, 5) is 38.7. The zero-order valence-corrected chi connectivity index (χ0v) is 28.5. The molecule has 3 aromatic rings. The molecule has 49 heavy (non-hydrogen) atoms. The number of carbonyl (C=O) groups excluding carboxylic acids is 3. The van der Waals surface area contributed by atoms with Gasteiger partial charge in [0, 0.05) is 5.02 Å². The van der Waals surface area contributed by atoms with E-state index in [-0.39, 0.29) is 12.2 Å². The highest BCUT2D eigenvalue weighted by Gasteiger charge is 2.53. The third kappa shape index (κ3) is 8.41. The zero-order valence-electron chi connectivity index (χ0n) is 26.9. The first-order chi connectivity index (χ1) is 22.5. The van der Waals surface area contributed by atoms with Crippen molar-refractivity contribution in [2.45, 2.75) is 75.3 Å². The number of hydrogen-bond acceptors (Lipinski definition) is 10. The summed E-state index contributed by atoms with van der Waals surface area (Å²) in [5.74, 6) is -4.42. The predicted octanol–water partition coefficient (Wildman–Crippen LogP) is 5.31. The van der Waals surface area contributed by atoms with Gasteiger partial charge in [-0.25, -0.2) is 22.4 Å². The quantitative estimate of drug-likeness (QED) is 0.304. The monoisotopic (exact) mass is 733 g/mol. The lowest BCUT2D eigenvalue weighted by Crippen LogP contribution is -2.56. The second-order valence-corrected chi connectivity index (χ2v) is 15.0. The summed E-state index contributed by atoms with van der Waals surface area (Å²) in [5.41, 5.74) is -3.55. The summed E-state index contributed by atoms with van der Waals surface area (Å²) in [6.07, 6.45) is -7.49. The Balaban J connectivity index is 1.84. The van der Waals surface area contributed by atoms with Crippen molar-refractivity contribution in [1.82, 2.24) is 20.8 Å². The van der Waals surface area contributed by atoms with Gasteiger partial charge in [-0.2, -0.15) is 13.2 Å². The summed E-state index contributed by atoms with van der Waals surface area (Å²) >= 11 is 6.00. The minimum Gasteiger partial charge on any atom is -0.453 e. The summed E-state index contributed by atoms with van der Waals surface area (Å²) in [7, 11) is -3.63. The summed E-state index contributed by atoms with van der Waals surface area (Å²) in [5, 5.41) is 11.7. The van der Waals surface area contributed by atoms with E-state index in [1.807, 2.05) is 0 Å². The Kier molecular flexibility index (Phi) is 10.3. The van der Waals surface area contributed by atoms with Crippen LogP contribution in [-0.2, 0) is 36.1 Å². The fourth-order valence-electron chi connectivity index (χ4n) is 4.91. The number of carbonyl (C=O) groups is 3. The highest BCUT2D eigenvalue weighted by Crippen LogP contribution is 2.40. The molecule has 0 spiro atoms. The van der Waals surface area contributed by atoms with E-state index < -0.39 is 91.0 Å².